The number of fused-ring (bicyclic) bond motifs is 1. The number of carbonyl (C=O) groups is 1. The number of rotatable bonds is 5. The van der Waals surface area contributed by atoms with Gasteiger partial charge < -0.3 is 4.90 Å². The van der Waals surface area contributed by atoms with Gasteiger partial charge in [-0.3, -0.25) is 28.9 Å². The smallest absolute Gasteiger partial charge is 0.289 e. The number of nitrogens with zero attached hydrogens (tertiary/aromatic N) is 4. The summed E-state index contributed by atoms with van der Waals surface area (Å²) in [5, 5.41) is 3.73. The lowest BCUT2D eigenvalue weighted by atomic mass is 9.84. The van der Waals surface area contributed by atoms with Gasteiger partial charge in [-0.05, 0) is 54.7 Å². The van der Waals surface area contributed by atoms with E-state index in [0.29, 0.717) is 24.3 Å². The number of aromatic nitrogens is 2. The average molecular weight is 528 g/mol. The lowest BCUT2D eigenvalue weighted by molar-refractivity contribution is -0.134. The molecule has 0 aliphatic carbocycles. The molecule has 3 aromatic carbocycles. The van der Waals surface area contributed by atoms with E-state index < -0.39 is 22.3 Å². The van der Waals surface area contributed by atoms with E-state index >= 15 is 4.39 Å². The Bertz CT molecular complexity index is 1730. The normalized spacial score (nSPS) is 15.4. The predicted molar refractivity (Wildman–Crippen MR) is 149 cm³/mol. The van der Waals surface area contributed by atoms with Crippen LogP contribution in [0.4, 0.5) is 10.1 Å². The Morgan fingerprint density at radius 2 is 1.59 bits per heavy atom. The summed E-state index contributed by atoms with van der Waals surface area (Å²) in [7, 11) is 0. The van der Waals surface area contributed by atoms with Gasteiger partial charge in [-0.2, -0.15) is 5.10 Å². The molecule has 0 bridgehead atoms. The van der Waals surface area contributed by atoms with E-state index in [9.17, 15) is 14.4 Å². The summed E-state index contributed by atoms with van der Waals surface area (Å²) in [6.07, 6.45) is 1.88. The summed E-state index contributed by atoms with van der Waals surface area (Å²) >= 11 is 0. The van der Waals surface area contributed by atoms with Gasteiger partial charge in [-0.1, -0.05) is 56.3 Å². The summed E-state index contributed by atoms with van der Waals surface area (Å²) in [4.78, 5) is 43.2. The highest BCUT2D eigenvalue weighted by Crippen LogP contribution is 2.28. The summed E-state index contributed by atoms with van der Waals surface area (Å²) in [6.45, 7) is 5.12. The van der Waals surface area contributed by atoms with Crippen molar-refractivity contribution in [3.63, 3.8) is 0 Å². The topological polar surface area (TPSA) is 88.7 Å². The molecule has 8 nitrogen and oxygen atoms in total. The summed E-state index contributed by atoms with van der Waals surface area (Å²) < 4.78 is 17.5. The summed E-state index contributed by atoms with van der Waals surface area (Å²) in [5.74, 6) is -0.864. The molecule has 200 valence electrons. The molecule has 0 saturated carbocycles. The maximum atomic E-state index is 15.1. The first kappa shape index (κ1) is 26.1. The molecule has 1 amide bonds. The van der Waals surface area contributed by atoms with Gasteiger partial charge in [0.15, 0.2) is 0 Å². The van der Waals surface area contributed by atoms with E-state index in [-0.39, 0.29) is 29.1 Å². The van der Waals surface area contributed by atoms with Gasteiger partial charge >= 0.3 is 0 Å². The second kappa shape index (κ2) is 10.7. The van der Waals surface area contributed by atoms with E-state index in [1.165, 1.54) is 22.8 Å². The second-order valence-corrected chi connectivity index (χ2v) is 10.5. The van der Waals surface area contributed by atoms with Gasteiger partial charge in [0, 0.05) is 13.1 Å². The lowest BCUT2D eigenvalue weighted by Crippen LogP contribution is -2.48. The molecule has 0 spiro atoms. The molecule has 5 rings (SSSR count). The molecule has 1 fully saturated rings. The van der Waals surface area contributed by atoms with Crippen molar-refractivity contribution >= 4 is 22.6 Å². The standard InChI is InChI=1S/C30H30FN5O3/c1-30(2)17-10-18-34(20-30)26(37)19-35-24-15-8-9-16-25(24)36(23-14-7-6-13-22(23)31)29(39)27(28(35)38)33-32-21-11-4-3-5-12-21/h3-9,11-16,32H,10,17-20H2,1-2H3. The number of hydrogen-bond donors (Lipinski definition) is 1. The summed E-state index contributed by atoms with van der Waals surface area (Å²) in [6, 6.07) is 21.4. The van der Waals surface area contributed by atoms with Crippen molar-refractivity contribution in [1.82, 2.24) is 14.0 Å². The van der Waals surface area contributed by atoms with Crippen LogP contribution in [0.15, 0.2) is 93.6 Å². The third-order valence-electron chi connectivity index (χ3n) is 6.98. The third-order valence-corrected chi connectivity index (χ3v) is 6.98. The second-order valence-electron chi connectivity index (χ2n) is 10.5. The zero-order chi connectivity index (χ0) is 27.6. The Balaban J connectivity index is 1.78. The first-order valence-electron chi connectivity index (χ1n) is 12.9. The quantitative estimate of drug-likeness (QED) is 0.399. The molecule has 0 radical (unpaired) electrons. The van der Waals surface area contributed by atoms with Crippen LogP contribution in [0.3, 0.4) is 0 Å². The maximum Gasteiger partial charge on any atom is 0.289 e. The highest BCUT2D eigenvalue weighted by molar-refractivity contribution is 5.81. The van der Waals surface area contributed by atoms with Crippen LogP contribution >= 0.6 is 0 Å². The number of amides is 1. The van der Waals surface area contributed by atoms with Crippen LogP contribution in [-0.4, -0.2) is 33.0 Å². The van der Waals surface area contributed by atoms with Crippen molar-refractivity contribution in [3.8, 4) is 5.69 Å². The Morgan fingerprint density at radius 3 is 2.31 bits per heavy atom. The number of piperidine rings is 1. The molecule has 0 atom stereocenters. The van der Waals surface area contributed by atoms with E-state index in [1.807, 2.05) is 6.07 Å². The molecule has 1 saturated heterocycles. The Hall–Kier alpha value is -4.53. The minimum absolute atomic E-state index is 0.0267. The van der Waals surface area contributed by atoms with Crippen LogP contribution in [0.2, 0.25) is 0 Å². The number of nitrogens with one attached hydrogen (secondary N) is 1. The first-order chi connectivity index (χ1) is 18.7. The molecule has 1 N–H and O–H groups in total. The molecule has 9 heteroatoms. The predicted octanol–water partition coefficient (Wildman–Crippen LogP) is 3.87. The molecular formula is C30H30FN5O3. The van der Waals surface area contributed by atoms with Crippen LogP contribution in [0, 0.1) is 11.2 Å². The summed E-state index contributed by atoms with van der Waals surface area (Å²) in [5.41, 5.74) is 2.30. The highest BCUT2D eigenvalue weighted by Gasteiger charge is 2.29. The number of likely N-dealkylation sites (tertiary alicyclic amines) is 1. The Kier molecular flexibility index (Phi) is 7.15. The zero-order valence-corrected chi connectivity index (χ0v) is 21.9. The van der Waals surface area contributed by atoms with E-state index in [4.69, 9.17) is 0 Å². The van der Waals surface area contributed by atoms with Gasteiger partial charge in [-0.15, -0.1) is 0 Å². The van der Waals surface area contributed by atoms with E-state index in [2.05, 4.69) is 24.4 Å². The van der Waals surface area contributed by atoms with E-state index in [1.54, 1.807) is 59.5 Å². The van der Waals surface area contributed by atoms with Crippen LogP contribution in [0.5, 0.6) is 0 Å². The molecule has 2 heterocycles. The average Bonchev–Trinajstić information content (AvgIpc) is 3.00. The highest BCUT2D eigenvalue weighted by atomic mass is 19.1. The van der Waals surface area contributed by atoms with Crippen LogP contribution in [-0.2, 0) is 11.3 Å². The van der Waals surface area contributed by atoms with Gasteiger partial charge in [0.25, 0.3) is 11.1 Å². The molecule has 0 unspecified atom stereocenters. The van der Waals surface area contributed by atoms with Crippen molar-refractivity contribution in [2.45, 2.75) is 33.2 Å². The number of halogens is 1. The van der Waals surface area contributed by atoms with Crippen LogP contribution < -0.4 is 21.9 Å². The fraction of sp³-hybridized carbons (Fsp3) is 0.267. The number of benzene rings is 3. The minimum Gasteiger partial charge on any atom is -0.341 e. The maximum absolute atomic E-state index is 15.1. The number of para-hydroxylation sites is 4. The lowest BCUT2D eigenvalue weighted by Gasteiger charge is -2.38. The molecular weight excluding hydrogens is 497 g/mol. The molecule has 4 aromatic rings. The van der Waals surface area contributed by atoms with E-state index in [0.717, 1.165) is 17.4 Å². The monoisotopic (exact) mass is 527 g/mol. The Labute approximate surface area is 224 Å². The fourth-order valence-corrected chi connectivity index (χ4v) is 5.05. The van der Waals surface area contributed by atoms with Gasteiger partial charge in [0.05, 0.1) is 22.4 Å². The minimum atomic E-state index is -0.810. The largest absolute Gasteiger partial charge is 0.341 e. The number of hydrogen-bond acceptors (Lipinski definition) is 5. The van der Waals surface area contributed by atoms with Crippen LogP contribution in [0.1, 0.15) is 26.7 Å². The first-order valence-corrected chi connectivity index (χ1v) is 12.9. The zero-order valence-electron chi connectivity index (χ0n) is 21.9. The van der Waals surface area contributed by atoms with Crippen molar-refractivity contribution in [2.75, 3.05) is 18.5 Å². The molecule has 1 aliphatic rings. The number of anilines is 1. The van der Waals surface area contributed by atoms with Crippen molar-refractivity contribution in [2.24, 2.45) is 10.5 Å². The van der Waals surface area contributed by atoms with Crippen molar-refractivity contribution in [1.29, 1.82) is 0 Å². The van der Waals surface area contributed by atoms with Gasteiger partial charge in [-0.25, -0.2) is 4.39 Å². The fourth-order valence-electron chi connectivity index (χ4n) is 5.05. The van der Waals surface area contributed by atoms with Gasteiger partial charge in [0.2, 0.25) is 11.3 Å². The van der Waals surface area contributed by atoms with Gasteiger partial charge in [0.1, 0.15) is 12.4 Å². The molecule has 1 aliphatic heterocycles. The molecule has 39 heavy (non-hydrogen) atoms. The SMILES string of the molecule is CC1(C)CCCN(C(=O)Cn2c(=O)c(=NNc3ccccc3)c(=O)n(-c3ccccc3F)c3ccccc32)C1. The third kappa shape index (κ3) is 5.38. The van der Waals surface area contributed by atoms with Crippen molar-refractivity contribution < 1.29 is 9.18 Å². The molecule has 1 aromatic heterocycles. The number of carbonyl (C=O) groups excluding carboxylic acids is 1. The Morgan fingerprint density at radius 1 is 0.923 bits per heavy atom. The van der Waals surface area contributed by atoms with Crippen molar-refractivity contribution in [3.05, 3.63) is 111 Å². The van der Waals surface area contributed by atoms with Crippen LogP contribution in [0.25, 0.3) is 16.7 Å².